The quantitative estimate of drug-likeness (QED) is 0.877. The van der Waals surface area contributed by atoms with Gasteiger partial charge in [0.05, 0.1) is 6.42 Å². The molecule has 0 fully saturated rings. The molecule has 0 saturated heterocycles. The van der Waals surface area contributed by atoms with Gasteiger partial charge in [0.2, 0.25) is 0 Å². The highest BCUT2D eigenvalue weighted by molar-refractivity contribution is 5.54. The molecule has 1 aromatic rings. The standard InChI is InChI=1S/C13H17F3N2/c1-10-9-18(7-6-13(14,15)16)12-5-3-2-4-11(12)8-17-10/h2-5,10,17H,6-9H2,1H3. The van der Waals surface area contributed by atoms with Crippen molar-refractivity contribution in [3.63, 3.8) is 0 Å². The third kappa shape index (κ3) is 3.38. The van der Waals surface area contributed by atoms with E-state index in [1.54, 1.807) is 0 Å². The van der Waals surface area contributed by atoms with E-state index in [2.05, 4.69) is 5.32 Å². The van der Waals surface area contributed by atoms with Gasteiger partial charge in [0.1, 0.15) is 0 Å². The van der Waals surface area contributed by atoms with Crippen molar-refractivity contribution in [1.29, 1.82) is 0 Å². The molecule has 0 radical (unpaired) electrons. The Labute approximate surface area is 105 Å². The van der Waals surface area contributed by atoms with Gasteiger partial charge in [0, 0.05) is 31.4 Å². The molecule has 1 heterocycles. The second-order valence-corrected chi connectivity index (χ2v) is 4.72. The van der Waals surface area contributed by atoms with E-state index in [0.717, 1.165) is 11.3 Å². The van der Waals surface area contributed by atoms with Crippen LogP contribution in [0.3, 0.4) is 0 Å². The summed E-state index contributed by atoms with van der Waals surface area (Å²) in [5, 5.41) is 3.30. The fourth-order valence-electron chi connectivity index (χ4n) is 2.22. The minimum absolute atomic E-state index is 0.0204. The molecule has 1 atom stereocenters. The first-order chi connectivity index (χ1) is 8.46. The number of halogens is 3. The molecule has 5 heteroatoms. The first kappa shape index (κ1) is 13.2. The lowest BCUT2D eigenvalue weighted by molar-refractivity contribution is -0.132. The van der Waals surface area contributed by atoms with Crippen LogP contribution in [-0.2, 0) is 6.54 Å². The molecule has 1 N–H and O–H groups in total. The van der Waals surface area contributed by atoms with Crippen LogP contribution in [0, 0.1) is 0 Å². The Morgan fingerprint density at radius 3 is 2.78 bits per heavy atom. The molecule has 0 amide bonds. The van der Waals surface area contributed by atoms with Gasteiger partial charge in [0.25, 0.3) is 0 Å². The van der Waals surface area contributed by atoms with Gasteiger partial charge in [-0.2, -0.15) is 13.2 Å². The lowest BCUT2D eigenvalue weighted by atomic mass is 10.1. The summed E-state index contributed by atoms with van der Waals surface area (Å²) >= 11 is 0. The molecule has 18 heavy (non-hydrogen) atoms. The van der Waals surface area contributed by atoms with Crippen molar-refractivity contribution in [2.45, 2.75) is 32.1 Å². The van der Waals surface area contributed by atoms with Gasteiger partial charge in [-0.3, -0.25) is 0 Å². The number of rotatable bonds is 2. The van der Waals surface area contributed by atoms with Crippen molar-refractivity contribution in [2.24, 2.45) is 0 Å². The molecule has 0 saturated carbocycles. The van der Waals surface area contributed by atoms with Crippen LogP contribution in [0.5, 0.6) is 0 Å². The Kier molecular flexibility index (Phi) is 3.80. The molecule has 1 aromatic carbocycles. The van der Waals surface area contributed by atoms with E-state index in [4.69, 9.17) is 0 Å². The zero-order chi connectivity index (χ0) is 13.2. The smallest absolute Gasteiger partial charge is 0.369 e. The van der Waals surface area contributed by atoms with Crippen molar-refractivity contribution in [3.8, 4) is 0 Å². The van der Waals surface area contributed by atoms with E-state index >= 15 is 0 Å². The SMILES string of the molecule is CC1CN(CCC(F)(F)F)c2ccccc2CN1. The van der Waals surface area contributed by atoms with Crippen LogP contribution in [0.2, 0.25) is 0 Å². The Morgan fingerprint density at radius 2 is 2.06 bits per heavy atom. The minimum Gasteiger partial charge on any atom is -0.369 e. The van der Waals surface area contributed by atoms with Crippen LogP contribution >= 0.6 is 0 Å². The maximum atomic E-state index is 12.3. The predicted octanol–water partition coefficient (Wildman–Crippen LogP) is 2.94. The first-order valence-electron chi connectivity index (χ1n) is 6.09. The monoisotopic (exact) mass is 258 g/mol. The molecule has 0 bridgehead atoms. The van der Waals surface area contributed by atoms with Crippen LogP contribution in [0.4, 0.5) is 18.9 Å². The van der Waals surface area contributed by atoms with Crippen LogP contribution in [0.25, 0.3) is 0 Å². The minimum atomic E-state index is -4.10. The molecular weight excluding hydrogens is 241 g/mol. The van der Waals surface area contributed by atoms with Crippen molar-refractivity contribution in [1.82, 2.24) is 5.32 Å². The summed E-state index contributed by atoms with van der Waals surface area (Å²) in [5.74, 6) is 0. The number of hydrogen-bond donors (Lipinski definition) is 1. The molecule has 1 unspecified atom stereocenters. The topological polar surface area (TPSA) is 15.3 Å². The average Bonchev–Trinajstić information content (AvgIpc) is 2.46. The summed E-state index contributed by atoms with van der Waals surface area (Å²) < 4.78 is 37.0. The van der Waals surface area contributed by atoms with Gasteiger partial charge >= 0.3 is 6.18 Å². The third-order valence-corrected chi connectivity index (χ3v) is 3.13. The van der Waals surface area contributed by atoms with Gasteiger partial charge in [-0.1, -0.05) is 18.2 Å². The highest BCUT2D eigenvalue weighted by atomic mass is 19.4. The van der Waals surface area contributed by atoms with Crippen LogP contribution in [0.1, 0.15) is 18.9 Å². The van der Waals surface area contributed by atoms with Crippen molar-refractivity contribution >= 4 is 5.69 Å². The number of nitrogens with one attached hydrogen (secondary N) is 1. The number of anilines is 1. The Morgan fingerprint density at radius 1 is 1.33 bits per heavy atom. The van der Waals surface area contributed by atoms with Gasteiger partial charge in [-0.25, -0.2) is 0 Å². The summed E-state index contributed by atoms with van der Waals surface area (Å²) in [6, 6.07) is 7.82. The van der Waals surface area contributed by atoms with Gasteiger partial charge < -0.3 is 10.2 Å². The van der Waals surface area contributed by atoms with Crippen molar-refractivity contribution < 1.29 is 13.2 Å². The predicted molar refractivity (Wildman–Crippen MR) is 65.6 cm³/mol. The van der Waals surface area contributed by atoms with Crippen LogP contribution < -0.4 is 10.2 Å². The molecule has 0 aromatic heterocycles. The average molecular weight is 258 g/mol. The second kappa shape index (κ2) is 5.18. The molecule has 2 nitrogen and oxygen atoms in total. The van der Waals surface area contributed by atoms with Crippen molar-refractivity contribution in [3.05, 3.63) is 29.8 Å². The summed E-state index contributed by atoms with van der Waals surface area (Å²) in [5.41, 5.74) is 1.97. The number of hydrogen-bond acceptors (Lipinski definition) is 2. The fourth-order valence-corrected chi connectivity index (χ4v) is 2.22. The molecular formula is C13H17F3N2. The van der Waals surface area contributed by atoms with E-state index in [1.807, 2.05) is 36.1 Å². The van der Waals surface area contributed by atoms with E-state index < -0.39 is 12.6 Å². The highest BCUT2D eigenvalue weighted by Gasteiger charge is 2.29. The Bertz CT molecular complexity index is 403. The molecule has 2 rings (SSSR count). The summed E-state index contributed by atoms with van der Waals surface area (Å²) in [6.45, 7) is 3.33. The number of benzene rings is 1. The van der Waals surface area contributed by atoms with Crippen LogP contribution in [-0.4, -0.2) is 25.3 Å². The fraction of sp³-hybridized carbons (Fsp3) is 0.538. The maximum absolute atomic E-state index is 12.3. The number of alkyl halides is 3. The third-order valence-electron chi connectivity index (χ3n) is 3.13. The number of nitrogens with zero attached hydrogens (tertiary/aromatic N) is 1. The molecule has 1 aliphatic rings. The van der Waals surface area contributed by atoms with E-state index in [0.29, 0.717) is 13.1 Å². The lowest BCUT2D eigenvalue weighted by Crippen LogP contribution is -2.37. The van der Waals surface area contributed by atoms with Crippen molar-refractivity contribution in [2.75, 3.05) is 18.0 Å². The number of para-hydroxylation sites is 1. The van der Waals surface area contributed by atoms with Crippen LogP contribution in [0.15, 0.2) is 24.3 Å². The molecule has 0 aliphatic carbocycles. The summed E-state index contributed by atoms with van der Waals surface area (Å²) in [7, 11) is 0. The largest absolute Gasteiger partial charge is 0.390 e. The summed E-state index contributed by atoms with van der Waals surface area (Å²) in [4.78, 5) is 1.83. The molecule has 0 spiro atoms. The van der Waals surface area contributed by atoms with E-state index in [9.17, 15) is 13.2 Å². The highest BCUT2D eigenvalue weighted by Crippen LogP contribution is 2.26. The maximum Gasteiger partial charge on any atom is 0.390 e. The van der Waals surface area contributed by atoms with E-state index in [-0.39, 0.29) is 12.6 Å². The zero-order valence-electron chi connectivity index (χ0n) is 10.3. The Hall–Kier alpha value is -1.23. The number of fused-ring (bicyclic) bond motifs is 1. The second-order valence-electron chi connectivity index (χ2n) is 4.72. The lowest BCUT2D eigenvalue weighted by Gasteiger charge is -2.26. The molecule has 100 valence electrons. The molecule has 1 aliphatic heterocycles. The van der Waals surface area contributed by atoms with Gasteiger partial charge in [-0.05, 0) is 18.6 Å². The summed E-state index contributed by atoms with van der Waals surface area (Å²) in [6.07, 6.45) is -4.87. The first-order valence-corrected chi connectivity index (χ1v) is 6.09. The normalized spacial score (nSPS) is 20.4. The van der Waals surface area contributed by atoms with E-state index in [1.165, 1.54) is 0 Å². The van der Waals surface area contributed by atoms with Gasteiger partial charge in [0.15, 0.2) is 0 Å². The van der Waals surface area contributed by atoms with Gasteiger partial charge in [-0.15, -0.1) is 0 Å². The zero-order valence-corrected chi connectivity index (χ0v) is 10.3. The Balaban J connectivity index is 2.16.